The molecule has 2 rings (SSSR count). The van der Waals surface area contributed by atoms with Crippen molar-refractivity contribution in [1.82, 2.24) is 4.98 Å². The normalized spacial score (nSPS) is 10.6. The first kappa shape index (κ1) is 11.9. The van der Waals surface area contributed by atoms with Gasteiger partial charge in [-0.15, -0.1) is 11.3 Å². The topological polar surface area (TPSA) is 63.3 Å². The molecule has 1 N–H and O–H groups in total. The summed E-state index contributed by atoms with van der Waals surface area (Å²) < 4.78 is 5.48. The summed E-state index contributed by atoms with van der Waals surface area (Å²) in [4.78, 5) is 14.8. The van der Waals surface area contributed by atoms with Crippen LogP contribution in [0.4, 0.5) is 0 Å². The number of aliphatic carboxylic acids is 1. The monoisotopic (exact) mass is 251 g/mol. The van der Waals surface area contributed by atoms with E-state index in [-0.39, 0.29) is 6.42 Å². The van der Waals surface area contributed by atoms with Crippen molar-refractivity contribution in [3.8, 4) is 11.5 Å². The molecular weight excluding hydrogens is 238 g/mol. The minimum atomic E-state index is -0.761. The fraction of sp³-hybridized carbons (Fsp3) is 0.333. The number of furan rings is 1. The van der Waals surface area contributed by atoms with E-state index in [4.69, 9.17) is 9.52 Å². The Kier molecular flexibility index (Phi) is 3.58. The zero-order valence-electron chi connectivity index (χ0n) is 9.47. The molecule has 0 aliphatic rings. The lowest BCUT2D eigenvalue weighted by molar-refractivity contribution is -0.137. The minimum absolute atomic E-state index is 0.189. The number of thiazole rings is 1. The van der Waals surface area contributed by atoms with Gasteiger partial charge in [-0.25, -0.2) is 4.98 Å². The number of aromatic nitrogens is 1. The van der Waals surface area contributed by atoms with Crippen molar-refractivity contribution in [2.75, 3.05) is 0 Å². The van der Waals surface area contributed by atoms with E-state index in [0.29, 0.717) is 12.8 Å². The van der Waals surface area contributed by atoms with E-state index in [1.54, 1.807) is 11.3 Å². The van der Waals surface area contributed by atoms with Gasteiger partial charge in [-0.3, -0.25) is 4.79 Å². The van der Waals surface area contributed by atoms with E-state index in [1.807, 2.05) is 24.4 Å². The van der Waals surface area contributed by atoms with Crippen LogP contribution in [0, 0.1) is 6.92 Å². The molecule has 90 valence electrons. The molecule has 0 amide bonds. The number of carbonyl (C=O) groups is 1. The second-order valence-corrected chi connectivity index (χ2v) is 4.73. The second-order valence-electron chi connectivity index (χ2n) is 3.78. The molecule has 0 atom stereocenters. The van der Waals surface area contributed by atoms with E-state index in [0.717, 1.165) is 22.2 Å². The van der Waals surface area contributed by atoms with Crippen LogP contribution in [0.5, 0.6) is 0 Å². The minimum Gasteiger partial charge on any atom is -0.481 e. The second kappa shape index (κ2) is 5.14. The van der Waals surface area contributed by atoms with Crippen LogP contribution >= 0.6 is 11.3 Å². The zero-order chi connectivity index (χ0) is 12.3. The Morgan fingerprint density at radius 2 is 2.35 bits per heavy atom. The van der Waals surface area contributed by atoms with Gasteiger partial charge in [-0.1, -0.05) is 0 Å². The Bertz CT molecular complexity index is 515. The molecule has 2 aromatic heterocycles. The van der Waals surface area contributed by atoms with E-state index in [2.05, 4.69) is 4.98 Å². The fourth-order valence-corrected chi connectivity index (χ4v) is 2.33. The Morgan fingerprint density at radius 3 is 3.00 bits per heavy atom. The van der Waals surface area contributed by atoms with Gasteiger partial charge in [-0.05, 0) is 31.9 Å². The highest BCUT2D eigenvalue weighted by atomic mass is 32.1. The molecule has 0 unspecified atom stereocenters. The van der Waals surface area contributed by atoms with Crippen molar-refractivity contribution < 1.29 is 14.3 Å². The number of nitrogens with zero attached hydrogens (tertiary/aromatic N) is 1. The fourth-order valence-electron chi connectivity index (χ4n) is 1.50. The van der Waals surface area contributed by atoms with E-state index >= 15 is 0 Å². The SMILES string of the molecule is Cc1ccc(-c2csc(CCCC(=O)O)n2)o1. The summed E-state index contributed by atoms with van der Waals surface area (Å²) in [5.74, 6) is 0.868. The number of carboxylic acids is 1. The largest absolute Gasteiger partial charge is 0.481 e. The standard InChI is InChI=1S/C12H13NO3S/c1-8-5-6-10(16-8)9-7-17-11(13-9)3-2-4-12(14)15/h5-7H,2-4H2,1H3,(H,14,15). The Hall–Kier alpha value is -1.62. The maximum absolute atomic E-state index is 10.4. The van der Waals surface area contributed by atoms with Crippen molar-refractivity contribution in [3.63, 3.8) is 0 Å². The zero-order valence-corrected chi connectivity index (χ0v) is 10.3. The van der Waals surface area contributed by atoms with E-state index in [9.17, 15) is 4.79 Å². The maximum Gasteiger partial charge on any atom is 0.303 e. The summed E-state index contributed by atoms with van der Waals surface area (Å²) in [6, 6.07) is 3.80. The molecule has 0 bridgehead atoms. The van der Waals surface area contributed by atoms with Gasteiger partial charge < -0.3 is 9.52 Å². The molecule has 0 aliphatic heterocycles. The molecule has 0 saturated carbocycles. The number of aryl methyl sites for hydroxylation is 2. The summed E-state index contributed by atoms with van der Waals surface area (Å²) in [6.45, 7) is 1.89. The molecule has 2 aromatic rings. The summed E-state index contributed by atoms with van der Waals surface area (Å²) in [5.41, 5.74) is 0.827. The molecule has 0 spiro atoms. The summed E-state index contributed by atoms with van der Waals surface area (Å²) in [5, 5.41) is 11.4. The molecule has 0 aliphatic carbocycles. The van der Waals surface area contributed by atoms with Gasteiger partial charge >= 0.3 is 5.97 Å². The first-order valence-electron chi connectivity index (χ1n) is 5.38. The first-order valence-corrected chi connectivity index (χ1v) is 6.26. The molecule has 5 heteroatoms. The average Bonchev–Trinajstić information content (AvgIpc) is 2.86. The van der Waals surface area contributed by atoms with Crippen LogP contribution in [-0.2, 0) is 11.2 Å². The van der Waals surface area contributed by atoms with Gasteiger partial charge in [0.2, 0.25) is 0 Å². The number of hydrogen-bond acceptors (Lipinski definition) is 4. The first-order chi connectivity index (χ1) is 8.15. The van der Waals surface area contributed by atoms with Crippen LogP contribution in [-0.4, -0.2) is 16.1 Å². The van der Waals surface area contributed by atoms with Gasteiger partial charge in [0.25, 0.3) is 0 Å². The van der Waals surface area contributed by atoms with Crippen molar-refractivity contribution in [3.05, 3.63) is 28.3 Å². The quantitative estimate of drug-likeness (QED) is 0.886. The van der Waals surface area contributed by atoms with Crippen molar-refractivity contribution in [2.24, 2.45) is 0 Å². The molecule has 0 aromatic carbocycles. The molecule has 0 radical (unpaired) electrons. The molecule has 17 heavy (non-hydrogen) atoms. The molecule has 2 heterocycles. The lowest BCUT2D eigenvalue weighted by atomic mass is 10.2. The third-order valence-electron chi connectivity index (χ3n) is 2.33. The van der Waals surface area contributed by atoms with E-state index < -0.39 is 5.97 Å². The lowest BCUT2D eigenvalue weighted by Gasteiger charge is -1.93. The molecule has 4 nitrogen and oxygen atoms in total. The summed E-state index contributed by atoms with van der Waals surface area (Å²) >= 11 is 1.54. The average molecular weight is 251 g/mol. The van der Waals surface area contributed by atoms with Crippen LogP contribution in [0.3, 0.4) is 0 Å². The van der Waals surface area contributed by atoms with Gasteiger partial charge in [0.1, 0.15) is 11.5 Å². The van der Waals surface area contributed by atoms with Crippen LogP contribution in [0.2, 0.25) is 0 Å². The van der Waals surface area contributed by atoms with Gasteiger partial charge in [-0.2, -0.15) is 0 Å². The Morgan fingerprint density at radius 1 is 1.53 bits per heavy atom. The molecule has 0 fully saturated rings. The third-order valence-corrected chi connectivity index (χ3v) is 3.23. The number of hydrogen-bond donors (Lipinski definition) is 1. The van der Waals surface area contributed by atoms with Crippen LogP contribution in [0.1, 0.15) is 23.6 Å². The lowest BCUT2D eigenvalue weighted by Crippen LogP contribution is -1.95. The highest BCUT2D eigenvalue weighted by Gasteiger charge is 2.08. The predicted molar refractivity (Wildman–Crippen MR) is 65.1 cm³/mol. The van der Waals surface area contributed by atoms with Crippen LogP contribution in [0.25, 0.3) is 11.5 Å². The predicted octanol–water partition coefficient (Wildman–Crippen LogP) is 3.12. The maximum atomic E-state index is 10.4. The van der Waals surface area contributed by atoms with Crippen molar-refractivity contribution >= 4 is 17.3 Å². The van der Waals surface area contributed by atoms with Crippen molar-refractivity contribution in [1.29, 1.82) is 0 Å². The van der Waals surface area contributed by atoms with Gasteiger partial charge in [0.15, 0.2) is 5.76 Å². The van der Waals surface area contributed by atoms with E-state index in [1.165, 1.54) is 0 Å². The third kappa shape index (κ3) is 3.17. The molecular formula is C12H13NO3S. The van der Waals surface area contributed by atoms with Gasteiger partial charge in [0.05, 0.1) is 5.01 Å². The summed E-state index contributed by atoms with van der Waals surface area (Å²) in [7, 11) is 0. The smallest absolute Gasteiger partial charge is 0.303 e. The van der Waals surface area contributed by atoms with Gasteiger partial charge in [0, 0.05) is 11.8 Å². The molecule has 0 saturated heterocycles. The van der Waals surface area contributed by atoms with Crippen molar-refractivity contribution in [2.45, 2.75) is 26.2 Å². The number of carboxylic acid groups (broad SMARTS) is 1. The Balaban J connectivity index is 1.98. The highest BCUT2D eigenvalue weighted by Crippen LogP contribution is 2.24. The highest BCUT2D eigenvalue weighted by molar-refractivity contribution is 7.09. The Labute approximate surface area is 103 Å². The number of rotatable bonds is 5. The van der Waals surface area contributed by atoms with Crippen LogP contribution < -0.4 is 0 Å². The summed E-state index contributed by atoms with van der Waals surface area (Å²) in [6.07, 6.45) is 1.52. The van der Waals surface area contributed by atoms with Crippen LogP contribution in [0.15, 0.2) is 21.9 Å².